The van der Waals surface area contributed by atoms with E-state index in [1.54, 1.807) is 0 Å². The van der Waals surface area contributed by atoms with E-state index < -0.39 is 5.97 Å². The van der Waals surface area contributed by atoms with E-state index in [-0.39, 0.29) is 12.5 Å². The molecule has 0 amide bonds. The molecular weight excluding hydrogens is 214 g/mol. The summed E-state index contributed by atoms with van der Waals surface area (Å²) >= 11 is 0. The fourth-order valence-corrected chi connectivity index (χ4v) is 2.04. The monoisotopic (exact) mass is 243 g/mol. The molecule has 3 nitrogen and oxygen atoms in total. The highest BCUT2D eigenvalue weighted by atomic mass is 16.4. The van der Waals surface area contributed by atoms with Gasteiger partial charge in [0, 0.05) is 6.04 Å². The molecule has 17 heavy (non-hydrogen) atoms. The molecule has 0 spiro atoms. The molecule has 0 aliphatic rings. The summed E-state index contributed by atoms with van der Waals surface area (Å²) < 4.78 is 0. The molecule has 0 saturated carbocycles. The molecule has 0 heterocycles. The van der Waals surface area contributed by atoms with Crippen molar-refractivity contribution in [3.05, 3.63) is 0 Å². The highest BCUT2D eigenvalue weighted by molar-refractivity contribution is 5.67. The van der Waals surface area contributed by atoms with Gasteiger partial charge in [-0.05, 0) is 12.3 Å². The van der Waals surface area contributed by atoms with Gasteiger partial charge < -0.3 is 10.8 Å². The zero-order valence-electron chi connectivity index (χ0n) is 11.5. The van der Waals surface area contributed by atoms with Gasteiger partial charge in [-0.2, -0.15) is 0 Å². The first-order valence-corrected chi connectivity index (χ1v) is 7.05. The molecule has 3 N–H and O–H groups in total. The molecule has 0 aromatic rings. The van der Waals surface area contributed by atoms with Crippen LogP contribution in [0.3, 0.4) is 0 Å². The summed E-state index contributed by atoms with van der Waals surface area (Å²) in [5.41, 5.74) is 5.82. The van der Waals surface area contributed by atoms with Crippen LogP contribution in [0.25, 0.3) is 0 Å². The van der Waals surface area contributed by atoms with Gasteiger partial charge in [-0.3, -0.25) is 4.79 Å². The van der Waals surface area contributed by atoms with E-state index in [9.17, 15) is 4.79 Å². The molecule has 3 heteroatoms. The quantitative estimate of drug-likeness (QED) is 0.545. The molecule has 0 rings (SSSR count). The zero-order chi connectivity index (χ0) is 13.1. The van der Waals surface area contributed by atoms with Crippen LogP contribution in [-0.4, -0.2) is 17.1 Å². The van der Waals surface area contributed by atoms with Crippen LogP contribution in [0.15, 0.2) is 0 Å². The van der Waals surface area contributed by atoms with Crippen molar-refractivity contribution >= 4 is 5.97 Å². The number of unbranched alkanes of at least 4 members (excludes halogenated alkanes) is 6. The van der Waals surface area contributed by atoms with Crippen LogP contribution in [0.5, 0.6) is 0 Å². The average molecular weight is 243 g/mol. The van der Waals surface area contributed by atoms with Crippen molar-refractivity contribution in [2.75, 3.05) is 0 Å². The van der Waals surface area contributed by atoms with Crippen LogP contribution in [0.1, 0.15) is 71.6 Å². The lowest BCUT2D eigenvalue weighted by Crippen LogP contribution is -2.30. The van der Waals surface area contributed by atoms with Crippen molar-refractivity contribution in [2.45, 2.75) is 77.7 Å². The number of carbonyl (C=O) groups is 1. The van der Waals surface area contributed by atoms with Crippen LogP contribution in [-0.2, 0) is 4.79 Å². The minimum atomic E-state index is -0.788. The van der Waals surface area contributed by atoms with E-state index in [2.05, 4.69) is 13.8 Å². The lowest BCUT2D eigenvalue weighted by molar-refractivity contribution is -0.137. The van der Waals surface area contributed by atoms with E-state index >= 15 is 0 Å². The Morgan fingerprint density at radius 2 is 1.65 bits per heavy atom. The number of hydrogen-bond donors (Lipinski definition) is 2. The van der Waals surface area contributed by atoms with Crippen LogP contribution < -0.4 is 5.73 Å². The largest absolute Gasteiger partial charge is 0.481 e. The summed E-state index contributed by atoms with van der Waals surface area (Å²) in [6.45, 7) is 4.29. The lowest BCUT2D eigenvalue weighted by Gasteiger charge is -2.17. The Bertz CT molecular complexity index is 195. The molecule has 0 bridgehead atoms. The van der Waals surface area contributed by atoms with E-state index in [1.807, 2.05) is 0 Å². The van der Waals surface area contributed by atoms with Gasteiger partial charge in [-0.1, -0.05) is 58.8 Å². The van der Waals surface area contributed by atoms with Crippen molar-refractivity contribution in [1.29, 1.82) is 0 Å². The standard InChI is InChI=1S/C14H29NO2/c1-3-4-5-6-7-8-9-10-12(2)13(15)11-14(16)17/h12-13H,3-11,15H2,1-2H3,(H,16,17)/t12-,13-/m1/s1. The molecular formula is C14H29NO2. The molecule has 0 aromatic heterocycles. The van der Waals surface area contributed by atoms with Crippen LogP contribution in [0.2, 0.25) is 0 Å². The van der Waals surface area contributed by atoms with E-state index in [0.717, 1.165) is 6.42 Å². The summed E-state index contributed by atoms with van der Waals surface area (Å²) in [7, 11) is 0. The molecule has 0 aliphatic heterocycles. The summed E-state index contributed by atoms with van der Waals surface area (Å²) in [5.74, 6) is -0.467. The van der Waals surface area contributed by atoms with Gasteiger partial charge in [0.2, 0.25) is 0 Å². The molecule has 0 fully saturated rings. The Morgan fingerprint density at radius 1 is 1.12 bits per heavy atom. The fraction of sp³-hybridized carbons (Fsp3) is 0.929. The average Bonchev–Trinajstić information content (AvgIpc) is 2.26. The van der Waals surface area contributed by atoms with Gasteiger partial charge in [0.1, 0.15) is 0 Å². The number of aliphatic carboxylic acids is 1. The maximum atomic E-state index is 10.5. The molecule has 0 aliphatic carbocycles. The van der Waals surface area contributed by atoms with Gasteiger partial charge in [0.05, 0.1) is 6.42 Å². The third-order valence-electron chi connectivity index (χ3n) is 3.40. The minimum Gasteiger partial charge on any atom is -0.481 e. The zero-order valence-corrected chi connectivity index (χ0v) is 11.5. The van der Waals surface area contributed by atoms with E-state index in [4.69, 9.17) is 10.8 Å². The Morgan fingerprint density at radius 3 is 2.18 bits per heavy atom. The van der Waals surface area contributed by atoms with Crippen LogP contribution >= 0.6 is 0 Å². The Hall–Kier alpha value is -0.570. The molecule has 2 atom stereocenters. The first kappa shape index (κ1) is 16.4. The van der Waals surface area contributed by atoms with Gasteiger partial charge >= 0.3 is 5.97 Å². The number of hydrogen-bond acceptors (Lipinski definition) is 2. The van der Waals surface area contributed by atoms with E-state index in [1.165, 1.54) is 44.9 Å². The number of carboxylic acids is 1. The maximum Gasteiger partial charge on any atom is 0.304 e. The number of carboxylic acid groups (broad SMARTS) is 1. The third-order valence-corrected chi connectivity index (χ3v) is 3.40. The van der Waals surface area contributed by atoms with Crippen molar-refractivity contribution < 1.29 is 9.90 Å². The molecule has 0 unspecified atom stereocenters. The molecule has 0 saturated heterocycles. The van der Waals surface area contributed by atoms with Crippen molar-refractivity contribution in [3.63, 3.8) is 0 Å². The topological polar surface area (TPSA) is 63.3 Å². The second-order valence-corrected chi connectivity index (χ2v) is 5.15. The van der Waals surface area contributed by atoms with Gasteiger partial charge in [0.25, 0.3) is 0 Å². The van der Waals surface area contributed by atoms with Crippen LogP contribution in [0, 0.1) is 5.92 Å². The predicted octanol–water partition coefficient (Wildman–Crippen LogP) is 3.57. The summed E-state index contributed by atoms with van der Waals surface area (Å²) in [5, 5.41) is 8.64. The van der Waals surface area contributed by atoms with Gasteiger partial charge in [-0.15, -0.1) is 0 Å². The first-order valence-electron chi connectivity index (χ1n) is 7.05. The normalized spacial score (nSPS) is 14.5. The van der Waals surface area contributed by atoms with Crippen molar-refractivity contribution in [1.82, 2.24) is 0 Å². The highest BCUT2D eigenvalue weighted by Gasteiger charge is 2.15. The highest BCUT2D eigenvalue weighted by Crippen LogP contribution is 2.15. The smallest absolute Gasteiger partial charge is 0.304 e. The molecule has 102 valence electrons. The van der Waals surface area contributed by atoms with Crippen molar-refractivity contribution in [3.8, 4) is 0 Å². The Labute approximate surface area is 106 Å². The number of rotatable bonds is 11. The SMILES string of the molecule is CCCCCCCCC[C@@H](C)[C@H](N)CC(=O)O. The van der Waals surface area contributed by atoms with Gasteiger partial charge in [0.15, 0.2) is 0 Å². The minimum absolute atomic E-state index is 0.0949. The lowest BCUT2D eigenvalue weighted by atomic mass is 9.93. The fourth-order valence-electron chi connectivity index (χ4n) is 2.04. The maximum absolute atomic E-state index is 10.5. The van der Waals surface area contributed by atoms with E-state index in [0.29, 0.717) is 5.92 Å². The Kier molecular flexibility index (Phi) is 10.2. The summed E-state index contributed by atoms with van der Waals surface area (Å²) in [6.07, 6.45) is 10.2. The predicted molar refractivity (Wildman–Crippen MR) is 72.0 cm³/mol. The second kappa shape index (κ2) is 10.6. The van der Waals surface area contributed by atoms with Crippen molar-refractivity contribution in [2.24, 2.45) is 11.7 Å². The Balaban J connectivity index is 3.38. The second-order valence-electron chi connectivity index (χ2n) is 5.15. The molecule has 0 aromatic carbocycles. The molecule has 0 radical (unpaired) electrons. The summed E-state index contributed by atoms with van der Waals surface area (Å²) in [4.78, 5) is 10.5. The van der Waals surface area contributed by atoms with Gasteiger partial charge in [-0.25, -0.2) is 0 Å². The number of nitrogens with two attached hydrogens (primary N) is 1. The van der Waals surface area contributed by atoms with Crippen LogP contribution in [0.4, 0.5) is 0 Å². The first-order chi connectivity index (χ1) is 8.07. The summed E-state index contributed by atoms with van der Waals surface area (Å²) in [6, 6.07) is -0.187. The third kappa shape index (κ3) is 10.3.